The predicted octanol–water partition coefficient (Wildman–Crippen LogP) is 0.603. The molecule has 1 aromatic carbocycles. The molecule has 0 amide bonds. The van der Waals surface area contributed by atoms with Crippen LogP contribution in [0.25, 0.3) is 0 Å². The molecule has 0 aliphatic carbocycles. The lowest BCUT2D eigenvalue weighted by Crippen LogP contribution is -2.31. The van der Waals surface area contributed by atoms with Gasteiger partial charge in [-0.25, -0.2) is 4.79 Å². The quantitative estimate of drug-likeness (QED) is 0.882. The van der Waals surface area contributed by atoms with Crippen molar-refractivity contribution in [3.8, 4) is 6.07 Å². The summed E-state index contributed by atoms with van der Waals surface area (Å²) in [5, 5.41) is 8.81. The van der Waals surface area contributed by atoms with Crippen LogP contribution in [0.1, 0.15) is 16.7 Å². The standard InChI is InChI=1S/C14H13N3O3/c1-20-9-11-4-2-3-10(5-11)7-17-8-12(6-15)13(18)16-14(17)19/h2-5,8H,7,9H2,1H3,(H,16,18,19). The first-order valence-electron chi connectivity index (χ1n) is 5.94. The Hall–Kier alpha value is -2.65. The van der Waals surface area contributed by atoms with E-state index in [1.165, 1.54) is 10.8 Å². The number of hydrogen-bond acceptors (Lipinski definition) is 4. The molecule has 20 heavy (non-hydrogen) atoms. The Morgan fingerprint density at radius 2 is 2.10 bits per heavy atom. The van der Waals surface area contributed by atoms with Crippen LogP contribution in [0.15, 0.2) is 40.1 Å². The minimum atomic E-state index is -0.665. The smallest absolute Gasteiger partial charge is 0.328 e. The lowest BCUT2D eigenvalue weighted by Gasteiger charge is -2.07. The van der Waals surface area contributed by atoms with Gasteiger partial charge in [0.1, 0.15) is 11.6 Å². The third-order valence-electron chi connectivity index (χ3n) is 2.79. The molecule has 0 bridgehead atoms. The van der Waals surface area contributed by atoms with Crippen LogP contribution in [0, 0.1) is 11.3 Å². The summed E-state index contributed by atoms with van der Waals surface area (Å²) < 4.78 is 6.35. The molecule has 0 unspecified atom stereocenters. The van der Waals surface area contributed by atoms with Crippen molar-refractivity contribution in [1.29, 1.82) is 5.26 Å². The van der Waals surface area contributed by atoms with E-state index < -0.39 is 11.2 Å². The fourth-order valence-electron chi connectivity index (χ4n) is 1.89. The van der Waals surface area contributed by atoms with Crippen LogP contribution in [0.3, 0.4) is 0 Å². The van der Waals surface area contributed by atoms with Crippen molar-refractivity contribution in [2.24, 2.45) is 0 Å². The highest BCUT2D eigenvalue weighted by Crippen LogP contribution is 2.07. The van der Waals surface area contributed by atoms with E-state index in [2.05, 4.69) is 4.98 Å². The number of nitrogens with one attached hydrogen (secondary N) is 1. The maximum absolute atomic E-state index is 11.7. The highest BCUT2D eigenvalue weighted by atomic mass is 16.5. The number of hydrogen-bond donors (Lipinski definition) is 1. The molecule has 0 saturated carbocycles. The maximum Gasteiger partial charge on any atom is 0.328 e. The molecule has 102 valence electrons. The van der Waals surface area contributed by atoms with E-state index in [4.69, 9.17) is 10.00 Å². The average molecular weight is 271 g/mol. The van der Waals surface area contributed by atoms with E-state index in [1.807, 2.05) is 24.3 Å². The first kappa shape index (κ1) is 13.8. The van der Waals surface area contributed by atoms with Crippen molar-refractivity contribution in [3.63, 3.8) is 0 Å². The van der Waals surface area contributed by atoms with Gasteiger partial charge in [-0.3, -0.25) is 14.3 Å². The van der Waals surface area contributed by atoms with Gasteiger partial charge in [0, 0.05) is 13.3 Å². The number of methoxy groups -OCH3 is 1. The number of nitrogens with zero attached hydrogens (tertiary/aromatic N) is 2. The number of ether oxygens (including phenoxy) is 1. The van der Waals surface area contributed by atoms with Crippen LogP contribution in [-0.4, -0.2) is 16.7 Å². The first-order chi connectivity index (χ1) is 9.63. The maximum atomic E-state index is 11.7. The van der Waals surface area contributed by atoms with Gasteiger partial charge in [0.25, 0.3) is 5.56 Å². The van der Waals surface area contributed by atoms with Gasteiger partial charge in [-0.2, -0.15) is 5.26 Å². The summed E-state index contributed by atoms with van der Waals surface area (Å²) in [5.74, 6) is 0. The van der Waals surface area contributed by atoms with Gasteiger partial charge in [0.2, 0.25) is 0 Å². The van der Waals surface area contributed by atoms with Crippen molar-refractivity contribution in [1.82, 2.24) is 9.55 Å². The Bertz CT molecular complexity index is 768. The van der Waals surface area contributed by atoms with Gasteiger partial charge in [0.05, 0.1) is 13.2 Å². The Labute approximate surface area is 114 Å². The van der Waals surface area contributed by atoms with Crippen LogP contribution in [-0.2, 0) is 17.9 Å². The summed E-state index contributed by atoms with van der Waals surface area (Å²) in [5.41, 5.74) is 0.589. The van der Waals surface area contributed by atoms with Crippen LogP contribution >= 0.6 is 0 Å². The van der Waals surface area contributed by atoms with Gasteiger partial charge in [0.15, 0.2) is 0 Å². The molecule has 0 atom stereocenters. The van der Waals surface area contributed by atoms with Crippen molar-refractivity contribution < 1.29 is 4.74 Å². The number of aromatic nitrogens is 2. The van der Waals surface area contributed by atoms with Crippen molar-refractivity contribution in [2.45, 2.75) is 13.2 Å². The summed E-state index contributed by atoms with van der Waals surface area (Å²) >= 11 is 0. The van der Waals surface area contributed by atoms with Gasteiger partial charge < -0.3 is 4.74 Å². The molecule has 0 radical (unpaired) electrons. The monoisotopic (exact) mass is 271 g/mol. The van der Waals surface area contributed by atoms with E-state index >= 15 is 0 Å². The molecular formula is C14H13N3O3. The van der Waals surface area contributed by atoms with Gasteiger partial charge >= 0.3 is 5.69 Å². The topological polar surface area (TPSA) is 87.9 Å². The molecule has 2 aromatic rings. The van der Waals surface area contributed by atoms with Crippen LogP contribution in [0.2, 0.25) is 0 Å². The number of nitriles is 1. The SMILES string of the molecule is COCc1cccc(Cn2cc(C#N)c(=O)[nH]c2=O)c1. The zero-order chi connectivity index (χ0) is 14.5. The van der Waals surface area contributed by atoms with E-state index in [9.17, 15) is 9.59 Å². The lowest BCUT2D eigenvalue weighted by molar-refractivity contribution is 0.185. The van der Waals surface area contributed by atoms with Crippen LogP contribution in [0.4, 0.5) is 0 Å². The second-order valence-electron chi connectivity index (χ2n) is 4.29. The highest BCUT2D eigenvalue weighted by molar-refractivity contribution is 5.25. The predicted molar refractivity (Wildman–Crippen MR) is 72.3 cm³/mol. The van der Waals surface area contributed by atoms with E-state index in [-0.39, 0.29) is 12.1 Å². The van der Waals surface area contributed by atoms with Crippen LogP contribution in [0.5, 0.6) is 0 Å². The molecule has 6 nitrogen and oxygen atoms in total. The Morgan fingerprint density at radius 1 is 1.35 bits per heavy atom. The Balaban J connectivity index is 2.35. The van der Waals surface area contributed by atoms with Gasteiger partial charge in [-0.15, -0.1) is 0 Å². The fraction of sp³-hybridized carbons (Fsp3) is 0.214. The van der Waals surface area contributed by atoms with Gasteiger partial charge in [-0.05, 0) is 11.1 Å². The first-order valence-corrected chi connectivity index (χ1v) is 5.94. The second kappa shape index (κ2) is 5.99. The minimum Gasteiger partial charge on any atom is -0.380 e. The highest BCUT2D eigenvalue weighted by Gasteiger charge is 2.05. The van der Waals surface area contributed by atoms with Crippen molar-refractivity contribution in [3.05, 3.63) is 68.0 Å². The average Bonchev–Trinajstić information content (AvgIpc) is 2.43. The number of rotatable bonds is 4. The molecule has 0 spiro atoms. The molecule has 0 aliphatic heterocycles. The molecule has 2 rings (SSSR count). The molecule has 1 aromatic heterocycles. The summed E-state index contributed by atoms with van der Waals surface area (Å²) in [6, 6.07) is 9.32. The van der Waals surface area contributed by atoms with E-state index in [0.717, 1.165) is 11.1 Å². The summed E-state index contributed by atoms with van der Waals surface area (Å²) in [6.07, 6.45) is 1.27. The molecule has 1 heterocycles. The molecule has 0 fully saturated rings. The van der Waals surface area contributed by atoms with E-state index in [0.29, 0.717) is 6.61 Å². The number of aromatic amines is 1. The third kappa shape index (κ3) is 3.02. The zero-order valence-electron chi connectivity index (χ0n) is 10.9. The lowest BCUT2D eigenvalue weighted by atomic mass is 10.1. The number of H-pyrrole nitrogens is 1. The molecule has 0 aliphatic rings. The summed E-state index contributed by atoms with van der Waals surface area (Å²) in [6.45, 7) is 0.764. The summed E-state index contributed by atoms with van der Waals surface area (Å²) in [4.78, 5) is 25.1. The molecular weight excluding hydrogens is 258 g/mol. The molecule has 1 N–H and O–H groups in total. The van der Waals surface area contributed by atoms with Crippen LogP contribution < -0.4 is 11.2 Å². The van der Waals surface area contributed by atoms with Crippen molar-refractivity contribution in [2.75, 3.05) is 7.11 Å². The largest absolute Gasteiger partial charge is 0.380 e. The second-order valence-corrected chi connectivity index (χ2v) is 4.29. The van der Waals surface area contributed by atoms with Crippen molar-refractivity contribution >= 4 is 0 Å². The minimum absolute atomic E-state index is 0.0855. The number of benzene rings is 1. The summed E-state index contributed by atoms with van der Waals surface area (Å²) in [7, 11) is 1.61. The normalized spacial score (nSPS) is 10.2. The Morgan fingerprint density at radius 3 is 2.80 bits per heavy atom. The van der Waals surface area contributed by atoms with Gasteiger partial charge in [-0.1, -0.05) is 24.3 Å². The fourth-order valence-corrected chi connectivity index (χ4v) is 1.89. The molecule has 0 saturated heterocycles. The third-order valence-corrected chi connectivity index (χ3v) is 2.79. The Kier molecular flexibility index (Phi) is 4.13. The molecule has 6 heteroatoms. The van der Waals surface area contributed by atoms with E-state index in [1.54, 1.807) is 13.2 Å². The zero-order valence-corrected chi connectivity index (χ0v) is 10.9.